The zero-order valence-corrected chi connectivity index (χ0v) is 15.3. The summed E-state index contributed by atoms with van der Waals surface area (Å²) in [5.41, 5.74) is -0.740. The van der Waals surface area contributed by atoms with Crippen molar-refractivity contribution in [1.82, 2.24) is 0 Å². The van der Waals surface area contributed by atoms with Crippen LogP contribution in [0.3, 0.4) is 0 Å². The molecule has 1 fully saturated rings. The number of halogens is 1. The lowest BCUT2D eigenvalue weighted by Crippen LogP contribution is -2.26. The van der Waals surface area contributed by atoms with E-state index in [0.29, 0.717) is 18.8 Å². The van der Waals surface area contributed by atoms with Gasteiger partial charge in [-0.15, -0.1) is 0 Å². The number of hydrogen-bond donors (Lipinski definition) is 2. The Bertz CT molecular complexity index is 752. The van der Waals surface area contributed by atoms with Gasteiger partial charge in [-0.05, 0) is 27.7 Å². The van der Waals surface area contributed by atoms with Gasteiger partial charge in [-0.2, -0.15) is 4.39 Å². The number of ether oxygens (including phenoxy) is 2. The normalized spacial score (nSPS) is 18.9. The molecule has 1 aromatic rings. The highest BCUT2D eigenvalue weighted by atomic mass is 19.1. The van der Waals surface area contributed by atoms with Gasteiger partial charge in [-0.3, -0.25) is 10.1 Å². The van der Waals surface area contributed by atoms with E-state index < -0.39 is 27.6 Å². The highest BCUT2D eigenvalue weighted by Crippen LogP contribution is 2.27. The van der Waals surface area contributed by atoms with Crippen molar-refractivity contribution < 1.29 is 23.9 Å². The zero-order valence-electron chi connectivity index (χ0n) is 15.3. The molecule has 1 atom stereocenters. The zero-order chi connectivity index (χ0) is 19.5. The molecule has 1 aromatic carbocycles. The van der Waals surface area contributed by atoms with Crippen molar-refractivity contribution >= 4 is 11.4 Å². The van der Waals surface area contributed by atoms with Crippen molar-refractivity contribution in [2.45, 2.75) is 39.6 Å². The third-order valence-electron chi connectivity index (χ3n) is 3.80. The minimum atomic E-state index is -0.951. The molecular formula is C18H23FN2O5. The van der Waals surface area contributed by atoms with Crippen LogP contribution in [0.5, 0.6) is 0 Å². The van der Waals surface area contributed by atoms with Crippen LogP contribution in [-0.2, 0) is 9.47 Å². The average molecular weight is 366 g/mol. The summed E-state index contributed by atoms with van der Waals surface area (Å²) in [6.45, 7) is 7.60. The molecule has 7 nitrogen and oxygen atoms in total. The molecule has 2 N–H and O–H groups in total. The Kier molecular flexibility index (Phi) is 5.86. The number of nitro groups is 1. The summed E-state index contributed by atoms with van der Waals surface area (Å²) in [7, 11) is 0. The SMILES string of the molecule is CC(C)(C#Cc1cc([N+](=O)[O-])c(F)cc1NC[C@@H]1COC(C)(C)O1)CO. The molecule has 8 heteroatoms. The van der Waals surface area contributed by atoms with Crippen LogP contribution in [0.1, 0.15) is 33.3 Å². The Labute approximate surface area is 151 Å². The number of nitrogens with one attached hydrogen (secondary N) is 1. The quantitative estimate of drug-likeness (QED) is 0.473. The fourth-order valence-corrected chi connectivity index (χ4v) is 2.31. The Morgan fingerprint density at radius 3 is 2.73 bits per heavy atom. The van der Waals surface area contributed by atoms with Crippen LogP contribution in [-0.4, -0.2) is 41.7 Å². The molecule has 1 saturated heterocycles. The maximum Gasteiger partial charge on any atom is 0.306 e. The van der Waals surface area contributed by atoms with Gasteiger partial charge in [-0.25, -0.2) is 0 Å². The second kappa shape index (κ2) is 7.58. The molecular weight excluding hydrogens is 343 g/mol. The van der Waals surface area contributed by atoms with Crippen LogP contribution < -0.4 is 5.32 Å². The van der Waals surface area contributed by atoms with Crippen LogP contribution in [0, 0.1) is 33.2 Å². The lowest BCUT2D eigenvalue weighted by Gasteiger charge is -2.18. The van der Waals surface area contributed by atoms with Crippen LogP contribution >= 0.6 is 0 Å². The highest BCUT2D eigenvalue weighted by Gasteiger charge is 2.32. The summed E-state index contributed by atoms with van der Waals surface area (Å²) >= 11 is 0. The fourth-order valence-electron chi connectivity index (χ4n) is 2.31. The molecule has 0 aliphatic carbocycles. The predicted octanol–water partition coefficient (Wildman–Crippen LogP) is 2.67. The smallest absolute Gasteiger partial charge is 0.306 e. The molecule has 1 aliphatic rings. The number of anilines is 1. The predicted molar refractivity (Wildman–Crippen MR) is 94.2 cm³/mol. The van der Waals surface area contributed by atoms with Gasteiger partial charge in [0.2, 0.25) is 5.82 Å². The summed E-state index contributed by atoms with van der Waals surface area (Å²) in [4.78, 5) is 10.2. The maximum atomic E-state index is 14.0. The number of nitrogens with zero attached hydrogens (tertiary/aromatic N) is 1. The molecule has 0 saturated carbocycles. The van der Waals surface area contributed by atoms with E-state index in [1.165, 1.54) is 0 Å². The number of aliphatic hydroxyl groups is 1. The molecule has 0 amide bonds. The van der Waals surface area contributed by atoms with E-state index in [0.717, 1.165) is 12.1 Å². The van der Waals surface area contributed by atoms with Gasteiger partial charge in [0.1, 0.15) is 6.10 Å². The topological polar surface area (TPSA) is 93.9 Å². The Morgan fingerprint density at radius 1 is 1.50 bits per heavy atom. The summed E-state index contributed by atoms with van der Waals surface area (Å²) in [5, 5.41) is 23.3. The summed E-state index contributed by atoms with van der Waals surface area (Å²) in [6, 6.07) is 2.14. The van der Waals surface area contributed by atoms with Gasteiger partial charge in [0, 0.05) is 24.1 Å². The van der Waals surface area contributed by atoms with Crippen molar-refractivity contribution in [1.29, 1.82) is 0 Å². The van der Waals surface area contributed by atoms with Crippen molar-refractivity contribution in [3.63, 3.8) is 0 Å². The molecule has 1 heterocycles. The largest absolute Gasteiger partial charge is 0.395 e. The summed E-state index contributed by atoms with van der Waals surface area (Å²) in [5.74, 6) is 4.02. The molecule has 0 unspecified atom stereocenters. The molecule has 1 aliphatic heterocycles. The molecule has 0 spiro atoms. The first-order chi connectivity index (χ1) is 12.0. The molecule has 2 rings (SSSR count). The lowest BCUT2D eigenvalue weighted by atomic mass is 9.95. The van der Waals surface area contributed by atoms with E-state index in [-0.39, 0.29) is 18.3 Å². The van der Waals surface area contributed by atoms with Crippen LogP contribution in [0.4, 0.5) is 15.8 Å². The Balaban J connectivity index is 2.28. The van der Waals surface area contributed by atoms with E-state index in [9.17, 15) is 19.6 Å². The van der Waals surface area contributed by atoms with Crippen LogP contribution in [0.25, 0.3) is 0 Å². The molecule has 26 heavy (non-hydrogen) atoms. The highest BCUT2D eigenvalue weighted by molar-refractivity contribution is 5.63. The number of benzene rings is 1. The summed E-state index contributed by atoms with van der Waals surface area (Å²) < 4.78 is 25.2. The van der Waals surface area contributed by atoms with E-state index in [1.54, 1.807) is 27.7 Å². The Hall–Kier alpha value is -2.21. The summed E-state index contributed by atoms with van der Waals surface area (Å²) in [6.07, 6.45) is -0.238. The molecule has 0 bridgehead atoms. The maximum absolute atomic E-state index is 14.0. The monoisotopic (exact) mass is 366 g/mol. The van der Waals surface area contributed by atoms with Crippen molar-refractivity contribution in [3.8, 4) is 11.8 Å². The van der Waals surface area contributed by atoms with Crippen molar-refractivity contribution in [2.24, 2.45) is 5.41 Å². The number of hydrogen-bond acceptors (Lipinski definition) is 6. The second-order valence-electron chi connectivity index (χ2n) is 7.23. The Morgan fingerprint density at radius 2 is 2.19 bits per heavy atom. The van der Waals surface area contributed by atoms with E-state index in [2.05, 4.69) is 17.2 Å². The third-order valence-corrected chi connectivity index (χ3v) is 3.80. The number of rotatable bonds is 5. The molecule has 0 aromatic heterocycles. The average Bonchev–Trinajstić information content (AvgIpc) is 2.90. The third kappa shape index (κ3) is 5.14. The van der Waals surface area contributed by atoms with Crippen LogP contribution in [0.2, 0.25) is 0 Å². The lowest BCUT2D eigenvalue weighted by molar-refractivity contribution is -0.387. The minimum absolute atomic E-state index is 0.172. The first-order valence-corrected chi connectivity index (χ1v) is 8.20. The van der Waals surface area contributed by atoms with Gasteiger partial charge in [0.15, 0.2) is 5.79 Å². The first kappa shape index (κ1) is 20.1. The van der Waals surface area contributed by atoms with Gasteiger partial charge >= 0.3 is 5.69 Å². The van der Waals surface area contributed by atoms with Gasteiger partial charge in [0.25, 0.3) is 0 Å². The van der Waals surface area contributed by atoms with Gasteiger partial charge < -0.3 is 19.9 Å². The molecule has 142 valence electrons. The van der Waals surface area contributed by atoms with E-state index in [1.807, 2.05) is 0 Å². The van der Waals surface area contributed by atoms with Crippen molar-refractivity contribution in [2.75, 3.05) is 25.1 Å². The number of nitro benzene ring substituents is 1. The first-order valence-electron chi connectivity index (χ1n) is 8.20. The van der Waals surface area contributed by atoms with E-state index in [4.69, 9.17) is 9.47 Å². The fraction of sp³-hybridized carbons (Fsp3) is 0.556. The van der Waals surface area contributed by atoms with E-state index >= 15 is 0 Å². The van der Waals surface area contributed by atoms with Gasteiger partial charge in [0.05, 0.1) is 29.4 Å². The number of aliphatic hydroxyl groups excluding tert-OH is 1. The second-order valence-corrected chi connectivity index (χ2v) is 7.23. The molecule has 0 radical (unpaired) electrons. The van der Waals surface area contributed by atoms with Gasteiger partial charge in [-0.1, -0.05) is 11.8 Å². The van der Waals surface area contributed by atoms with Crippen molar-refractivity contribution in [3.05, 3.63) is 33.6 Å². The van der Waals surface area contributed by atoms with Crippen LogP contribution in [0.15, 0.2) is 12.1 Å². The minimum Gasteiger partial charge on any atom is -0.395 e. The standard InChI is InChI=1S/C18H23FN2O5/c1-17(2,11-22)6-5-12-7-16(21(23)24)14(19)8-15(12)20-9-13-10-25-18(3,4)26-13/h7-8,13,20,22H,9-11H2,1-4H3/t13-/m1/s1.